The number of urea groups is 1. The SMILES string of the molecule is CC[C@@H]1CN(C(=O)NCc2ccc(C)cc2)c2ccccc2O1. The van der Waals surface area contributed by atoms with Crippen molar-refractivity contribution < 1.29 is 9.53 Å². The molecule has 1 aliphatic heterocycles. The Kier molecular flexibility index (Phi) is 4.51. The summed E-state index contributed by atoms with van der Waals surface area (Å²) in [7, 11) is 0. The third kappa shape index (κ3) is 3.47. The average molecular weight is 310 g/mol. The van der Waals surface area contributed by atoms with Crippen LogP contribution in [0.15, 0.2) is 48.5 Å². The molecule has 0 spiro atoms. The summed E-state index contributed by atoms with van der Waals surface area (Å²) in [5, 5.41) is 3.01. The number of carbonyl (C=O) groups excluding carboxylic acids is 1. The van der Waals surface area contributed by atoms with Crippen molar-refractivity contribution in [3.05, 3.63) is 59.7 Å². The molecular formula is C19H22N2O2. The lowest BCUT2D eigenvalue weighted by atomic mass is 10.1. The molecule has 0 aliphatic carbocycles. The zero-order valence-electron chi connectivity index (χ0n) is 13.6. The number of rotatable bonds is 3. The number of hydrogen-bond donors (Lipinski definition) is 1. The molecule has 0 aromatic heterocycles. The molecule has 2 aromatic rings. The Morgan fingerprint density at radius 2 is 1.96 bits per heavy atom. The highest BCUT2D eigenvalue weighted by Gasteiger charge is 2.28. The number of nitrogens with zero attached hydrogens (tertiary/aromatic N) is 1. The van der Waals surface area contributed by atoms with E-state index in [1.165, 1.54) is 5.56 Å². The molecule has 1 heterocycles. The molecule has 1 atom stereocenters. The van der Waals surface area contributed by atoms with E-state index in [2.05, 4.69) is 31.3 Å². The zero-order valence-corrected chi connectivity index (χ0v) is 13.6. The van der Waals surface area contributed by atoms with Crippen LogP contribution in [0.1, 0.15) is 24.5 Å². The Labute approximate surface area is 137 Å². The van der Waals surface area contributed by atoms with Crippen molar-refractivity contribution in [2.45, 2.75) is 32.9 Å². The second kappa shape index (κ2) is 6.73. The molecule has 4 heteroatoms. The maximum atomic E-state index is 12.6. The first kappa shape index (κ1) is 15.4. The number of para-hydroxylation sites is 2. The number of amides is 2. The highest BCUT2D eigenvalue weighted by Crippen LogP contribution is 2.33. The molecular weight excluding hydrogens is 288 g/mol. The van der Waals surface area contributed by atoms with E-state index in [0.717, 1.165) is 23.4 Å². The molecule has 0 saturated heterocycles. The highest BCUT2D eigenvalue weighted by molar-refractivity contribution is 5.94. The van der Waals surface area contributed by atoms with Crippen LogP contribution < -0.4 is 15.0 Å². The number of carbonyl (C=O) groups is 1. The topological polar surface area (TPSA) is 41.6 Å². The van der Waals surface area contributed by atoms with Crippen LogP contribution >= 0.6 is 0 Å². The average Bonchev–Trinajstić information content (AvgIpc) is 2.60. The van der Waals surface area contributed by atoms with Crippen molar-refractivity contribution in [2.24, 2.45) is 0 Å². The smallest absolute Gasteiger partial charge is 0.322 e. The number of anilines is 1. The van der Waals surface area contributed by atoms with Crippen molar-refractivity contribution in [3.8, 4) is 5.75 Å². The van der Waals surface area contributed by atoms with Gasteiger partial charge in [-0.25, -0.2) is 4.79 Å². The fourth-order valence-corrected chi connectivity index (χ4v) is 2.68. The molecule has 0 bridgehead atoms. The van der Waals surface area contributed by atoms with Crippen molar-refractivity contribution in [1.82, 2.24) is 5.32 Å². The summed E-state index contributed by atoms with van der Waals surface area (Å²) in [5.74, 6) is 0.774. The van der Waals surface area contributed by atoms with Gasteiger partial charge in [-0.05, 0) is 31.0 Å². The van der Waals surface area contributed by atoms with Gasteiger partial charge < -0.3 is 10.1 Å². The van der Waals surface area contributed by atoms with Crippen LogP contribution in [0.5, 0.6) is 5.75 Å². The monoisotopic (exact) mass is 310 g/mol. The summed E-state index contributed by atoms with van der Waals surface area (Å²) in [4.78, 5) is 14.4. The number of aryl methyl sites for hydroxylation is 1. The molecule has 23 heavy (non-hydrogen) atoms. The number of benzene rings is 2. The van der Waals surface area contributed by atoms with Crippen molar-refractivity contribution in [2.75, 3.05) is 11.4 Å². The van der Waals surface area contributed by atoms with Gasteiger partial charge in [-0.3, -0.25) is 4.90 Å². The van der Waals surface area contributed by atoms with Gasteiger partial charge in [-0.15, -0.1) is 0 Å². The molecule has 0 fully saturated rings. The molecule has 0 radical (unpaired) electrons. The standard InChI is InChI=1S/C19H22N2O2/c1-3-16-13-21(17-6-4-5-7-18(17)23-16)19(22)20-12-15-10-8-14(2)9-11-15/h4-11,16H,3,12-13H2,1-2H3,(H,20,22)/t16-/m1/s1. The summed E-state index contributed by atoms with van der Waals surface area (Å²) in [6, 6.07) is 15.8. The summed E-state index contributed by atoms with van der Waals surface area (Å²) >= 11 is 0. The van der Waals surface area contributed by atoms with Gasteiger partial charge in [0, 0.05) is 6.54 Å². The second-order valence-electron chi connectivity index (χ2n) is 5.87. The predicted molar refractivity (Wildman–Crippen MR) is 91.9 cm³/mol. The molecule has 1 N–H and O–H groups in total. The van der Waals surface area contributed by atoms with Gasteiger partial charge >= 0.3 is 6.03 Å². The molecule has 0 unspecified atom stereocenters. The predicted octanol–water partition coefficient (Wildman–Crippen LogP) is 3.88. The van der Waals surface area contributed by atoms with E-state index in [1.807, 2.05) is 36.4 Å². The fraction of sp³-hybridized carbons (Fsp3) is 0.316. The quantitative estimate of drug-likeness (QED) is 0.934. The molecule has 2 amide bonds. The summed E-state index contributed by atoms with van der Waals surface area (Å²) < 4.78 is 5.92. The second-order valence-corrected chi connectivity index (χ2v) is 5.87. The van der Waals surface area contributed by atoms with Crippen LogP contribution in [-0.2, 0) is 6.54 Å². The van der Waals surface area contributed by atoms with E-state index in [9.17, 15) is 4.79 Å². The van der Waals surface area contributed by atoms with Gasteiger partial charge in [0.1, 0.15) is 11.9 Å². The van der Waals surface area contributed by atoms with E-state index in [0.29, 0.717) is 13.1 Å². The van der Waals surface area contributed by atoms with E-state index < -0.39 is 0 Å². The number of fused-ring (bicyclic) bond motifs is 1. The molecule has 3 rings (SSSR count). The molecule has 4 nitrogen and oxygen atoms in total. The Balaban J connectivity index is 1.72. The highest BCUT2D eigenvalue weighted by atomic mass is 16.5. The first-order valence-electron chi connectivity index (χ1n) is 8.04. The van der Waals surface area contributed by atoms with E-state index in [1.54, 1.807) is 4.90 Å². The molecule has 0 saturated carbocycles. The zero-order chi connectivity index (χ0) is 16.2. The largest absolute Gasteiger partial charge is 0.486 e. The van der Waals surface area contributed by atoms with Crippen LogP contribution in [0.2, 0.25) is 0 Å². The lowest BCUT2D eigenvalue weighted by Crippen LogP contribution is -2.47. The summed E-state index contributed by atoms with van der Waals surface area (Å²) in [6.07, 6.45) is 0.908. The summed E-state index contributed by atoms with van der Waals surface area (Å²) in [6.45, 7) is 5.22. The van der Waals surface area contributed by atoms with Crippen molar-refractivity contribution in [1.29, 1.82) is 0 Å². The van der Waals surface area contributed by atoms with E-state index >= 15 is 0 Å². The fourth-order valence-electron chi connectivity index (χ4n) is 2.68. The van der Waals surface area contributed by atoms with Crippen LogP contribution in [0.3, 0.4) is 0 Å². The molecule has 120 valence electrons. The minimum Gasteiger partial charge on any atom is -0.486 e. The van der Waals surface area contributed by atoms with Gasteiger partial charge in [-0.2, -0.15) is 0 Å². The lowest BCUT2D eigenvalue weighted by molar-refractivity contribution is 0.186. The Morgan fingerprint density at radius 3 is 2.70 bits per heavy atom. The van der Waals surface area contributed by atoms with Crippen molar-refractivity contribution in [3.63, 3.8) is 0 Å². The van der Waals surface area contributed by atoms with E-state index in [-0.39, 0.29) is 12.1 Å². The van der Waals surface area contributed by atoms with Crippen molar-refractivity contribution >= 4 is 11.7 Å². The normalized spacial score (nSPS) is 16.4. The van der Waals surface area contributed by atoms with Gasteiger partial charge in [0.2, 0.25) is 0 Å². The van der Waals surface area contributed by atoms with Crippen LogP contribution in [0.4, 0.5) is 10.5 Å². The Hall–Kier alpha value is -2.49. The number of nitrogens with one attached hydrogen (secondary N) is 1. The van der Waals surface area contributed by atoms with Gasteiger partial charge in [-0.1, -0.05) is 48.9 Å². The lowest BCUT2D eigenvalue weighted by Gasteiger charge is -2.34. The number of hydrogen-bond acceptors (Lipinski definition) is 2. The molecule has 2 aromatic carbocycles. The Bertz CT molecular complexity index is 682. The Morgan fingerprint density at radius 1 is 1.22 bits per heavy atom. The minimum atomic E-state index is -0.0835. The van der Waals surface area contributed by atoms with Gasteiger partial charge in [0.25, 0.3) is 0 Å². The third-order valence-electron chi connectivity index (χ3n) is 4.10. The van der Waals surface area contributed by atoms with Crippen LogP contribution in [0, 0.1) is 6.92 Å². The van der Waals surface area contributed by atoms with E-state index in [4.69, 9.17) is 4.74 Å². The molecule has 1 aliphatic rings. The summed E-state index contributed by atoms with van der Waals surface area (Å²) in [5.41, 5.74) is 3.14. The van der Waals surface area contributed by atoms with Gasteiger partial charge in [0.15, 0.2) is 0 Å². The number of ether oxygens (including phenoxy) is 1. The first-order valence-corrected chi connectivity index (χ1v) is 8.04. The van der Waals surface area contributed by atoms with Crippen LogP contribution in [-0.4, -0.2) is 18.7 Å². The maximum absolute atomic E-state index is 12.6. The van der Waals surface area contributed by atoms with Gasteiger partial charge in [0.05, 0.1) is 12.2 Å². The first-order chi connectivity index (χ1) is 11.2. The minimum absolute atomic E-state index is 0.0371. The maximum Gasteiger partial charge on any atom is 0.322 e. The third-order valence-corrected chi connectivity index (χ3v) is 4.10. The van der Waals surface area contributed by atoms with Crippen LogP contribution in [0.25, 0.3) is 0 Å².